The number of aryl methyl sites for hydroxylation is 1. The lowest BCUT2D eigenvalue weighted by Gasteiger charge is -2.18. The van der Waals surface area contributed by atoms with Crippen LogP contribution in [0.4, 0.5) is 0 Å². The van der Waals surface area contributed by atoms with Crippen molar-refractivity contribution in [3.05, 3.63) is 42.0 Å². The summed E-state index contributed by atoms with van der Waals surface area (Å²) in [5, 5.41) is 3.41. The Morgan fingerprint density at radius 3 is 2.65 bits per heavy atom. The first-order valence-corrected chi connectivity index (χ1v) is 6.15. The molecular formula is C15H23NO. The van der Waals surface area contributed by atoms with E-state index in [9.17, 15) is 0 Å². The molecule has 0 aliphatic carbocycles. The van der Waals surface area contributed by atoms with Crippen LogP contribution in [0.1, 0.15) is 31.9 Å². The van der Waals surface area contributed by atoms with Gasteiger partial charge in [0, 0.05) is 18.2 Å². The van der Waals surface area contributed by atoms with E-state index < -0.39 is 0 Å². The van der Waals surface area contributed by atoms with Gasteiger partial charge in [0.2, 0.25) is 0 Å². The van der Waals surface area contributed by atoms with Crippen molar-refractivity contribution in [1.82, 2.24) is 5.32 Å². The fraction of sp³-hybridized carbons (Fsp3) is 0.467. The second-order valence-corrected chi connectivity index (χ2v) is 4.66. The predicted molar refractivity (Wildman–Crippen MR) is 73.4 cm³/mol. The summed E-state index contributed by atoms with van der Waals surface area (Å²) in [6.45, 7) is 12.9. The second kappa shape index (κ2) is 6.45. The fourth-order valence-corrected chi connectivity index (χ4v) is 1.57. The van der Waals surface area contributed by atoms with Gasteiger partial charge in [0.05, 0.1) is 0 Å². The Balaban J connectivity index is 2.87. The van der Waals surface area contributed by atoms with Gasteiger partial charge < -0.3 is 10.1 Å². The first-order chi connectivity index (χ1) is 8.04. The zero-order valence-electron chi connectivity index (χ0n) is 11.3. The number of rotatable bonds is 6. The molecule has 1 rings (SSSR count). The van der Waals surface area contributed by atoms with Crippen LogP contribution in [-0.4, -0.2) is 12.1 Å². The standard InChI is InChI=1S/C15H23NO/c1-6-13(5)17-15-12(4)8-7-9-14(15)10-16-11(2)3/h6-9,11,13,16H,1,10H2,2-5H3. The van der Waals surface area contributed by atoms with Gasteiger partial charge in [-0.2, -0.15) is 0 Å². The van der Waals surface area contributed by atoms with Crippen molar-refractivity contribution >= 4 is 0 Å². The van der Waals surface area contributed by atoms with E-state index in [0.717, 1.165) is 12.3 Å². The van der Waals surface area contributed by atoms with E-state index in [1.165, 1.54) is 11.1 Å². The van der Waals surface area contributed by atoms with Crippen molar-refractivity contribution in [3.63, 3.8) is 0 Å². The van der Waals surface area contributed by atoms with Gasteiger partial charge in [0.25, 0.3) is 0 Å². The molecule has 0 saturated carbocycles. The number of hydrogen-bond donors (Lipinski definition) is 1. The van der Waals surface area contributed by atoms with Crippen LogP contribution >= 0.6 is 0 Å². The smallest absolute Gasteiger partial charge is 0.127 e. The van der Waals surface area contributed by atoms with Gasteiger partial charge in [-0.25, -0.2) is 0 Å². The Bertz CT molecular complexity index is 371. The molecule has 1 unspecified atom stereocenters. The van der Waals surface area contributed by atoms with Crippen molar-refractivity contribution in [1.29, 1.82) is 0 Å². The third kappa shape index (κ3) is 4.23. The molecule has 2 heteroatoms. The van der Waals surface area contributed by atoms with E-state index in [0.29, 0.717) is 6.04 Å². The average molecular weight is 233 g/mol. The largest absolute Gasteiger partial charge is 0.486 e. The minimum Gasteiger partial charge on any atom is -0.486 e. The first-order valence-electron chi connectivity index (χ1n) is 6.15. The molecule has 0 aliphatic rings. The molecule has 1 atom stereocenters. The molecule has 17 heavy (non-hydrogen) atoms. The minimum atomic E-state index is 0.0360. The van der Waals surface area contributed by atoms with E-state index in [2.05, 4.69) is 50.9 Å². The normalized spacial score (nSPS) is 12.5. The highest BCUT2D eigenvalue weighted by atomic mass is 16.5. The van der Waals surface area contributed by atoms with E-state index >= 15 is 0 Å². The molecule has 0 amide bonds. The third-order valence-electron chi connectivity index (χ3n) is 2.63. The molecule has 0 bridgehead atoms. The van der Waals surface area contributed by atoms with Crippen LogP contribution in [-0.2, 0) is 6.54 Å². The van der Waals surface area contributed by atoms with E-state index in [4.69, 9.17) is 4.74 Å². The lowest BCUT2D eigenvalue weighted by molar-refractivity contribution is 0.265. The van der Waals surface area contributed by atoms with Crippen LogP contribution in [0, 0.1) is 6.92 Å². The van der Waals surface area contributed by atoms with Gasteiger partial charge >= 0.3 is 0 Å². The highest BCUT2D eigenvalue weighted by Gasteiger charge is 2.09. The monoisotopic (exact) mass is 233 g/mol. The second-order valence-electron chi connectivity index (χ2n) is 4.66. The van der Waals surface area contributed by atoms with Crippen molar-refractivity contribution in [2.24, 2.45) is 0 Å². The highest BCUT2D eigenvalue weighted by molar-refractivity contribution is 5.41. The van der Waals surface area contributed by atoms with E-state index in [1.54, 1.807) is 0 Å². The molecule has 1 aromatic carbocycles. The Morgan fingerprint density at radius 1 is 1.35 bits per heavy atom. The summed E-state index contributed by atoms with van der Waals surface area (Å²) in [7, 11) is 0. The maximum atomic E-state index is 5.90. The molecular weight excluding hydrogens is 210 g/mol. The maximum Gasteiger partial charge on any atom is 0.127 e. The molecule has 0 fully saturated rings. The lowest BCUT2D eigenvalue weighted by atomic mass is 10.1. The lowest BCUT2D eigenvalue weighted by Crippen LogP contribution is -2.22. The Kier molecular flexibility index (Phi) is 5.23. The minimum absolute atomic E-state index is 0.0360. The van der Waals surface area contributed by atoms with Crippen molar-refractivity contribution in [3.8, 4) is 5.75 Å². The molecule has 0 radical (unpaired) electrons. The zero-order valence-corrected chi connectivity index (χ0v) is 11.3. The summed E-state index contributed by atoms with van der Waals surface area (Å²) in [6, 6.07) is 6.72. The Morgan fingerprint density at radius 2 is 2.06 bits per heavy atom. The fourth-order valence-electron chi connectivity index (χ4n) is 1.57. The average Bonchev–Trinajstić information content (AvgIpc) is 2.29. The number of hydrogen-bond acceptors (Lipinski definition) is 2. The summed E-state index contributed by atoms with van der Waals surface area (Å²) in [4.78, 5) is 0. The summed E-state index contributed by atoms with van der Waals surface area (Å²) in [5.74, 6) is 0.980. The van der Waals surface area contributed by atoms with Gasteiger partial charge in [0.15, 0.2) is 0 Å². The molecule has 0 aromatic heterocycles. The predicted octanol–water partition coefficient (Wildman–Crippen LogP) is 3.45. The quantitative estimate of drug-likeness (QED) is 0.760. The number of ether oxygens (including phenoxy) is 1. The third-order valence-corrected chi connectivity index (χ3v) is 2.63. The molecule has 1 N–H and O–H groups in total. The van der Waals surface area contributed by atoms with Crippen molar-refractivity contribution in [2.45, 2.75) is 46.4 Å². The molecule has 94 valence electrons. The van der Waals surface area contributed by atoms with Gasteiger partial charge in [-0.05, 0) is 19.4 Å². The van der Waals surface area contributed by atoms with Gasteiger partial charge in [0.1, 0.15) is 11.9 Å². The van der Waals surface area contributed by atoms with E-state index in [-0.39, 0.29) is 6.10 Å². The summed E-state index contributed by atoms with van der Waals surface area (Å²) >= 11 is 0. The van der Waals surface area contributed by atoms with Gasteiger partial charge in [-0.1, -0.05) is 44.7 Å². The topological polar surface area (TPSA) is 21.3 Å². The molecule has 0 saturated heterocycles. The van der Waals surface area contributed by atoms with Crippen LogP contribution in [0.15, 0.2) is 30.9 Å². The summed E-state index contributed by atoms with van der Waals surface area (Å²) < 4.78 is 5.90. The van der Waals surface area contributed by atoms with Crippen LogP contribution < -0.4 is 10.1 Å². The molecule has 0 aliphatic heterocycles. The number of para-hydroxylation sites is 1. The molecule has 0 heterocycles. The number of benzene rings is 1. The zero-order chi connectivity index (χ0) is 12.8. The maximum absolute atomic E-state index is 5.90. The number of nitrogens with one attached hydrogen (secondary N) is 1. The molecule has 2 nitrogen and oxygen atoms in total. The van der Waals surface area contributed by atoms with Crippen molar-refractivity contribution in [2.75, 3.05) is 0 Å². The molecule has 1 aromatic rings. The van der Waals surface area contributed by atoms with Crippen LogP contribution in [0.5, 0.6) is 5.75 Å². The highest BCUT2D eigenvalue weighted by Crippen LogP contribution is 2.24. The van der Waals surface area contributed by atoms with Gasteiger partial charge in [-0.3, -0.25) is 0 Å². The Hall–Kier alpha value is -1.28. The first kappa shape index (κ1) is 13.8. The van der Waals surface area contributed by atoms with Crippen LogP contribution in [0.2, 0.25) is 0 Å². The SMILES string of the molecule is C=CC(C)Oc1c(C)cccc1CNC(C)C. The van der Waals surface area contributed by atoms with Crippen LogP contribution in [0.25, 0.3) is 0 Å². The Labute approximate surface area is 105 Å². The summed E-state index contributed by atoms with van der Waals surface area (Å²) in [6.07, 6.45) is 1.85. The molecule has 0 spiro atoms. The van der Waals surface area contributed by atoms with Crippen molar-refractivity contribution < 1.29 is 4.74 Å². The van der Waals surface area contributed by atoms with E-state index in [1.807, 2.05) is 13.0 Å². The van der Waals surface area contributed by atoms with Gasteiger partial charge in [-0.15, -0.1) is 0 Å². The summed E-state index contributed by atoms with van der Waals surface area (Å²) in [5.41, 5.74) is 2.37. The van der Waals surface area contributed by atoms with Crippen LogP contribution in [0.3, 0.4) is 0 Å².